The number of carbonyl (C=O) groups excluding carboxylic acids is 1. The van der Waals surface area contributed by atoms with Gasteiger partial charge in [-0.3, -0.25) is 9.48 Å². The molecule has 1 atom stereocenters. The van der Waals surface area contributed by atoms with Gasteiger partial charge in [0.1, 0.15) is 5.82 Å². The van der Waals surface area contributed by atoms with Crippen molar-refractivity contribution in [2.45, 2.75) is 44.7 Å². The lowest BCUT2D eigenvalue weighted by atomic mass is 10.1. The fourth-order valence-corrected chi connectivity index (χ4v) is 4.19. The van der Waals surface area contributed by atoms with Crippen LogP contribution in [0.2, 0.25) is 0 Å². The summed E-state index contributed by atoms with van der Waals surface area (Å²) in [6.07, 6.45) is 9.75. The number of anilines is 1. The minimum atomic E-state index is -0.183. The summed E-state index contributed by atoms with van der Waals surface area (Å²) in [6.45, 7) is 3.02. The summed E-state index contributed by atoms with van der Waals surface area (Å²) in [5.74, 6) is 0.991. The topological polar surface area (TPSA) is 76.8 Å². The Hall–Kier alpha value is -2.93. The monoisotopic (exact) mass is 390 g/mol. The highest BCUT2D eigenvalue weighted by Gasteiger charge is 2.18. The lowest BCUT2D eigenvalue weighted by molar-refractivity contribution is 0.102. The molecule has 5 rings (SSSR count). The van der Waals surface area contributed by atoms with E-state index >= 15 is 0 Å². The van der Waals surface area contributed by atoms with E-state index in [1.165, 1.54) is 18.7 Å². The number of piperidine rings is 1. The molecule has 0 saturated carbocycles. The Morgan fingerprint density at radius 2 is 2.03 bits per heavy atom. The third kappa shape index (κ3) is 3.82. The van der Waals surface area contributed by atoms with Gasteiger partial charge in [0.25, 0.3) is 5.91 Å². The fraction of sp³-hybridized carbons (Fsp3) is 0.409. The zero-order valence-corrected chi connectivity index (χ0v) is 16.5. The maximum Gasteiger partial charge on any atom is 0.276 e. The van der Waals surface area contributed by atoms with Crippen LogP contribution in [-0.4, -0.2) is 38.3 Å². The van der Waals surface area contributed by atoms with Crippen LogP contribution in [0, 0.1) is 0 Å². The van der Waals surface area contributed by atoms with Crippen molar-refractivity contribution in [3.63, 3.8) is 0 Å². The summed E-state index contributed by atoms with van der Waals surface area (Å²) >= 11 is 0. The van der Waals surface area contributed by atoms with Crippen molar-refractivity contribution in [1.82, 2.24) is 24.6 Å². The van der Waals surface area contributed by atoms with Crippen molar-refractivity contribution >= 4 is 11.6 Å². The molecule has 2 aliphatic rings. The normalized spacial score (nSPS) is 19.0. The van der Waals surface area contributed by atoms with E-state index in [0.717, 1.165) is 55.8 Å². The molecule has 1 fully saturated rings. The molecule has 4 heterocycles. The molecule has 3 aromatic rings. The highest BCUT2D eigenvalue weighted by atomic mass is 16.1. The van der Waals surface area contributed by atoms with Gasteiger partial charge in [-0.05, 0) is 50.4 Å². The van der Waals surface area contributed by atoms with E-state index in [4.69, 9.17) is 4.98 Å². The van der Waals surface area contributed by atoms with Crippen LogP contribution in [0.3, 0.4) is 0 Å². The van der Waals surface area contributed by atoms with Crippen LogP contribution in [0.25, 0.3) is 11.3 Å². The van der Waals surface area contributed by atoms with E-state index in [0.29, 0.717) is 11.7 Å². The molecule has 1 unspecified atom stereocenters. The molecular weight excluding hydrogens is 364 g/mol. The summed E-state index contributed by atoms with van der Waals surface area (Å²) in [4.78, 5) is 17.3. The van der Waals surface area contributed by atoms with E-state index in [1.807, 2.05) is 35.1 Å². The predicted octanol–water partition coefficient (Wildman–Crippen LogP) is 3.26. The Kier molecular flexibility index (Phi) is 4.89. The number of imidazole rings is 1. The van der Waals surface area contributed by atoms with Crippen LogP contribution in [0.15, 0.2) is 42.7 Å². The minimum absolute atomic E-state index is 0.183. The van der Waals surface area contributed by atoms with E-state index in [-0.39, 0.29) is 5.91 Å². The molecule has 2 aromatic heterocycles. The second-order valence-corrected chi connectivity index (χ2v) is 7.91. The molecule has 1 amide bonds. The van der Waals surface area contributed by atoms with Crippen LogP contribution in [0.5, 0.6) is 0 Å². The molecule has 150 valence electrons. The molecule has 7 heteroatoms. The average Bonchev–Trinajstić information content (AvgIpc) is 3.42. The maximum atomic E-state index is 12.6. The summed E-state index contributed by atoms with van der Waals surface area (Å²) in [7, 11) is 0. The average molecular weight is 390 g/mol. The summed E-state index contributed by atoms with van der Waals surface area (Å²) in [6, 6.07) is 9.98. The Bertz CT molecular complexity index is 973. The van der Waals surface area contributed by atoms with Crippen molar-refractivity contribution in [2.75, 3.05) is 18.4 Å². The number of benzene rings is 1. The van der Waals surface area contributed by atoms with Gasteiger partial charge >= 0.3 is 0 Å². The number of aromatic nitrogens is 4. The van der Waals surface area contributed by atoms with Gasteiger partial charge in [-0.2, -0.15) is 5.10 Å². The second-order valence-electron chi connectivity index (χ2n) is 7.91. The van der Waals surface area contributed by atoms with Crippen molar-refractivity contribution in [1.29, 1.82) is 0 Å². The molecule has 1 aromatic carbocycles. The van der Waals surface area contributed by atoms with Crippen molar-refractivity contribution < 1.29 is 4.79 Å². The standard InChI is InChI=1S/C22H26N6O/c29-22(19-10-13-28(26-19)18-4-3-11-23-14-18)24-17-8-6-16(7-9-17)20-15-27-12-2-1-5-21(27)25-20/h6-10,13,15,18,23H,1-5,11-12,14H2,(H,24,29). The van der Waals surface area contributed by atoms with Gasteiger partial charge in [-0.25, -0.2) is 4.98 Å². The molecule has 0 spiro atoms. The van der Waals surface area contributed by atoms with Gasteiger partial charge in [0, 0.05) is 43.2 Å². The third-order valence-corrected chi connectivity index (χ3v) is 5.83. The zero-order chi connectivity index (χ0) is 19.6. The third-order valence-electron chi connectivity index (χ3n) is 5.83. The second kappa shape index (κ2) is 7.83. The lowest BCUT2D eigenvalue weighted by Gasteiger charge is -2.22. The number of aryl methyl sites for hydroxylation is 2. The largest absolute Gasteiger partial charge is 0.334 e. The van der Waals surface area contributed by atoms with Gasteiger partial charge in [-0.15, -0.1) is 0 Å². The Morgan fingerprint density at radius 1 is 1.14 bits per heavy atom. The smallest absolute Gasteiger partial charge is 0.276 e. The number of fused-ring (bicyclic) bond motifs is 1. The highest BCUT2D eigenvalue weighted by molar-refractivity contribution is 6.02. The molecule has 29 heavy (non-hydrogen) atoms. The highest BCUT2D eigenvalue weighted by Crippen LogP contribution is 2.24. The van der Waals surface area contributed by atoms with Gasteiger partial charge in [0.05, 0.1) is 11.7 Å². The summed E-state index contributed by atoms with van der Waals surface area (Å²) in [5, 5.41) is 10.8. The first kappa shape index (κ1) is 18.1. The van der Waals surface area contributed by atoms with E-state index in [1.54, 1.807) is 6.07 Å². The number of carbonyl (C=O) groups is 1. The molecule has 2 aliphatic heterocycles. The Balaban J connectivity index is 1.25. The first-order valence-corrected chi connectivity index (χ1v) is 10.5. The predicted molar refractivity (Wildman–Crippen MR) is 112 cm³/mol. The number of hydrogen-bond acceptors (Lipinski definition) is 4. The van der Waals surface area contributed by atoms with Crippen LogP contribution in [0.4, 0.5) is 5.69 Å². The van der Waals surface area contributed by atoms with Gasteiger partial charge < -0.3 is 15.2 Å². The van der Waals surface area contributed by atoms with Crippen LogP contribution >= 0.6 is 0 Å². The van der Waals surface area contributed by atoms with Crippen molar-refractivity contribution in [3.8, 4) is 11.3 Å². The Morgan fingerprint density at radius 3 is 2.83 bits per heavy atom. The van der Waals surface area contributed by atoms with Crippen LogP contribution in [-0.2, 0) is 13.0 Å². The maximum absolute atomic E-state index is 12.6. The molecule has 2 N–H and O–H groups in total. The molecule has 1 saturated heterocycles. The van der Waals surface area contributed by atoms with Gasteiger partial charge in [0.2, 0.25) is 0 Å². The van der Waals surface area contributed by atoms with Crippen LogP contribution < -0.4 is 10.6 Å². The molecular formula is C22H26N6O. The zero-order valence-electron chi connectivity index (χ0n) is 16.5. The van der Waals surface area contributed by atoms with E-state index in [2.05, 4.69) is 26.5 Å². The Labute approximate surface area is 170 Å². The number of nitrogens with zero attached hydrogens (tertiary/aromatic N) is 4. The van der Waals surface area contributed by atoms with Gasteiger partial charge in [0.15, 0.2) is 5.69 Å². The fourth-order valence-electron chi connectivity index (χ4n) is 4.19. The molecule has 0 radical (unpaired) electrons. The number of amides is 1. The van der Waals surface area contributed by atoms with Crippen LogP contribution in [0.1, 0.15) is 48.0 Å². The minimum Gasteiger partial charge on any atom is -0.334 e. The first-order valence-electron chi connectivity index (χ1n) is 10.5. The summed E-state index contributed by atoms with van der Waals surface area (Å²) in [5.41, 5.74) is 3.27. The lowest BCUT2D eigenvalue weighted by Crippen LogP contribution is -2.32. The van der Waals surface area contributed by atoms with Crippen molar-refractivity contribution in [2.24, 2.45) is 0 Å². The number of rotatable bonds is 4. The first-order chi connectivity index (χ1) is 14.3. The summed E-state index contributed by atoms with van der Waals surface area (Å²) < 4.78 is 4.16. The van der Waals surface area contributed by atoms with Gasteiger partial charge in [-0.1, -0.05) is 12.1 Å². The quantitative estimate of drug-likeness (QED) is 0.717. The molecule has 0 aliphatic carbocycles. The number of hydrogen-bond donors (Lipinski definition) is 2. The van der Waals surface area contributed by atoms with E-state index in [9.17, 15) is 4.79 Å². The molecule has 7 nitrogen and oxygen atoms in total. The van der Waals surface area contributed by atoms with Crippen molar-refractivity contribution in [3.05, 3.63) is 54.2 Å². The molecule has 0 bridgehead atoms. The van der Waals surface area contributed by atoms with E-state index < -0.39 is 0 Å². The SMILES string of the molecule is O=C(Nc1ccc(-c2cn3c(n2)CCCC3)cc1)c1ccn(C2CCCNC2)n1. The number of nitrogens with one attached hydrogen (secondary N) is 2.